The maximum Gasteiger partial charge on any atom is 0.336 e. The van der Waals surface area contributed by atoms with Gasteiger partial charge in [-0.05, 0) is 56.9 Å². The van der Waals surface area contributed by atoms with Crippen LogP contribution in [0.25, 0.3) is 0 Å². The van der Waals surface area contributed by atoms with Crippen molar-refractivity contribution in [3.63, 3.8) is 0 Å². The molecule has 2 aliphatic rings. The van der Waals surface area contributed by atoms with Gasteiger partial charge in [-0.3, -0.25) is 4.79 Å². The number of Topliss-reactive ketones (excluding diaryl/α,β-unsaturated/α-hetero) is 1. The highest BCUT2D eigenvalue weighted by Gasteiger charge is 2.42. The van der Waals surface area contributed by atoms with Gasteiger partial charge in [0, 0.05) is 34.0 Å². The molecule has 1 heterocycles. The molecule has 2 atom stereocenters. The van der Waals surface area contributed by atoms with Gasteiger partial charge in [-0.15, -0.1) is 0 Å². The fourth-order valence-corrected chi connectivity index (χ4v) is 4.91. The minimum Gasteiger partial charge on any atom is -0.491 e. The Bertz CT molecular complexity index is 1150. The van der Waals surface area contributed by atoms with Crippen molar-refractivity contribution < 1.29 is 19.1 Å². The van der Waals surface area contributed by atoms with Gasteiger partial charge in [0.25, 0.3) is 0 Å². The summed E-state index contributed by atoms with van der Waals surface area (Å²) in [5.74, 6) is -0.294. The van der Waals surface area contributed by atoms with Gasteiger partial charge in [-0.1, -0.05) is 41.9 Å². The number of carbonyl (C=O) groups excluding carboxylic acids is 2. The molecule has 0 aromatic heterocycles. The first-order chi connectivity index (χ1) is 15.8. The summed E-state index contributed by atoms with van der Waals surface area (Å²) in [4.78, 5) is 26.5. The number of ether oxygens (including phenoxy) is 2. The van der Waals surface area contributed by atoms with E-state index in [-0.39, 0.29) is 17.8 Å². The number of methoxy groups -OCH3 is 1. The van der Waals surface area contributed by atoms with Gasteiger partial charge in [0.2, 0.25) is 0 Å². The molecule has 0 bridgehead atoms. The van der Waals surface area contributed by atoms with Crippen LogP contribution in [0.2, 0.25) is 5.02 Å². The van der Waals surface area contributed by atoms with Crippen LogP contribution in [0, 0.1) is 0 Å². The molecule has 0 amide bonds. The number of ketones is 1. The predicted molar refractivity (Wildman–Crippen MR) is 128 cm³/mol. The number of esters is 1. The molecule has 0 spiro atoms. The van der Waals surface area contributed by atoms with E-state index in [0.29, 0.717) is 40.5 Å². The lowest BCUT2D eigenvalue weighted by atomic mass is 9.71. The van der Waals surface area contributed by atoms with Gasteiger partial charge in [0.15, 0.2) is 5.78 Å². The third kappa shape index (κ3) is 4.55. The second-order valence-electron chi connectivity index (χ2n) is 8.76. The van der Waals surface area contributed by atoms with Crippen molar-refractivity contribution in [2.45, 2.75) is 51.6 Å². The van der Waals surface area contributed by atoms with E-state index in [1.165, 1.54) is 7.11 Å². The molecule has 2 aromatic carbocycles. The van der Waals surface area contributed by atoms with Gasteiger partial charge >= 0.3 is 5.97 Å². The van der Waals surface area contributed by atoms with Crippen molar-refractivity contribution in [2.75, 3.05) is 7.11 Å². The molecule has 0 fully saturated rings. The summed E-state index contributed by atoms with van der Waals surface area (Å²) in [6.07, 6.45) is 0.974. The monoisotopic (exact) mass is 465 g/mol. The van der Waals surface area contributed by atoms with Crippen LogP contribution >= 0.6 is 11.6 Å². The maximum atomic E-state index is 13.6. The molecular formula is C27H28ClNO4. The van der Waals surface area contributed by atoms with Crippen LogP contribution in [0.5, 0.6) is 5.75 Å². The van der Waals surface area contributed by atoms with E-state index >= 15 is 0 Å². The molecule has 0 radical (unpaired) electrons. The summed E-state index contributed by atoms with van der Waals surface area (Å²) in [6, 6.07) is 15.2. The summed E-state index contributed by atoms with van der Waals surface area (Å²) in [5.41, 5.74) is 4.45. The Labute approximate surface area is 199 Å². The first-order valence-corrected chi connectivity index (χ1v) is 11.5. The van der Waals surface area contributed by atoms with Crippen molar-refractivity contribution in [3.8, 4) is 5.75 Å². The molecule has 1 aliphatic carbocycles. The van der Waals surface area contributed by atoms with Crippen LogP contribution in [0.3, 0.4) is 0 Å². The fourth-order valence-electron chi connectivity index (χ4n) is 4.78. The van der Waals surface area contributed by atoms with Crippen molar-refractivity contribution >= 4 is 23.4 Å². The standard InChI is InChI=1S/C27H28ClNO4/c1-15(2)33-23-8-6-5-7-20(23)25-24(27(31)32-4)16(3)29-21-13-18(14-22(30)26(21)25)17-9-11-19(28)12-10-17/h5-12,15,18,25,29H,13-14H2,1-4H3/t18-,25-/m0/s1. The van der Waals surface area contributed by atoms with E-state index in [4.69, 9.17) is 21.1 Å². The normalized spacial score (nSPS) is 20.5. The summed E-state index contributed by atoms with van der Waals surface area (Å²) in [6.45, 7) is 5.76. The molecule has 6 heteroatoms. The average molecular weight is 466 g/mol. The molecule has 1 aliphatic heterocycles. The van der Waals surface area contributed by atoms with E-state index in [9.17, 15) is 9.59 Å². The lowest BCUT2D eigenvalue weighted by Gasteiger charge is -2.37. The zero-order chi connectivity index (χ0) is 23.7. The number of hydrogen-bond donors (Lipinski definition) is 1. The molecule has 0 saturated heterocycles. The summed E-state index contributed by atoms with van der Waals surface area (Å²) in [7, 11) is 1.36. The summed E-state index contributed by atoms with van der Waals surface area (Å²) >= 11 is 6.06. The highest BCUT2D eigenvalue weighted by atomic mass is 35.5. The Kier molecular flexibility index (Phi) is 6.61. The van der Waals surface area contributed by atoms with Crippen LogP contribution in [-0.4, -0.2) is 25.0 Å². The van der Waals surface area contributed by atoms with Gasteiger partial charge in [-0.25, -0.2) is 4.79 Å². The van der Waals surface area contributed by atoms with Crippen molar-refractivity contribution in [3.05, 3.63) is 87.2 Å². The number of para-hydroxylation sites is 1. The summed E-state index contributed by atoms with van der Waals surface area (Å²) in [5, 5.41) is 4.02. The molecule has 0 unspecified atom stereocenters. The van der Waals surface area contributed by atoms with E-state index < -0.39 is 11.9 Å². The third-order valence-corrected chi connectivity index (χ3v) is 6.42. The topological polar surface area (TPSA) is 64.6 Å². The number of dihydropyridines is 1. The van der Waals surface area contributed by atoms with Crippen LogP contribution in [0.1, 0.15) is 56.6 Å². The van der Waals surface area contributed by atoms with E-state index in [1.54, 1.807) is 0 Å². The molecule has 0 saturated carbocycles. The van der Waals surface area contributed by atoms with Gasteiger partial charge < -0.3 is 14.8 Å². The number of allylic oxidation sites excluding steroid dienone is 3. The number of rotatable bonds is 5. The minimum absolute atomic E-state index is 0.0157. The predicted octanol–water partition coefficient (Wildman–Crippen LogP) is 5.66. The second-order valence-corrected chi connectivity index (χ2v) is 9.20. The number of carbonyl (C=O) groups is 2. The Hall–Kier alpha value is -3.05. The van der Waals surface area contributed by atoms with Crippen molar-refractivity contribution in [2.24, 2.45) is 0 Å². The molecule has 172 valence electrons. The lowest BCUT2D eigenvalue weighted by molar-refractivity contribution is -0.136. The first-order valence-electron chi connectivity index (χ1n) is 11.1. The van der Waals surface area contributed by atoms with Crippen molar-refractivity contribution in [1.29, 1.82) is 0 Å². The Morgan fingerprint density at radius 3 is 2.45 bits per heavy atom. The number of halogens is 1. The SMILES string of the molecule is COC(=O)C1=C(C)NC2=C(C(=O)C[C@@H](c3ccc(Cl)cc3)C2)[C@H]1c1ccccc1OC(C)C. The van der Waals surface area contributed by atoms with Gasteiger partial charge in [-0.2, -0.15) is 0 Å². The fraction of sp³-hybridized carbons (Fsp3) is 0.333. The largest absolute Gasteiger partial charge is 0.491 e. The quantitative estimate of drug-likeness (QED) is 0.577. The second kappa shape index (κ2) is 9.44. The van der Waals surface area contributed by atoms with E-state index in [1.807, 2.05) is 69.3 Å². The number of nitrogens with one attached hydrogen (secondary N) is 1. The third-order valence-electron chi connectivity index (χ3n) is 6.17. The van der Waals surface area contributed by atoms with Crippen LogP contribution in [0.4, 0.5) is 0 Å². The lowest BCUT2D eigenvalue weighted by Crippen LogP contribution is -2.36. The Morgan fingerprint density at radius 1 is 1.09 bits per heavy atom. The summed E-state index contributed by atoms with van der Waals surface area (Å²) < 4.78 is 11.2. The molecular weight excluding hydrogens is 438 g/mol. The molecule has 33 heavy (non-hydrogen) atoms. The highest BCUT2D eigenvalue weighted by Crippen LogP contribution is 2.47. The Morgan fingerprint density at radius 2 is 1.79 bits per heavy atom. The minimum atomic E-state index is -0.553. The van der Waals surface area contributed by atoms with Crippen LogP contribution in [0.15, 0.2) is 71.1 Å². The number of benzene rings is 2. The zero-order valence-electron chi connectivity index (χ0n) is 19.3. The van der Waals surface area contributed by atoms with Gasteiger partial charge in [0.1, 0.15) is 5.75 Å². The van der Waals surface area contributed by atoms with E-state index in [2.05, 4.69) is 5.32 Å². The molecule has 4 rings (SSSR count). The molecule has 5 nitrogen and oxygen atoms in total. The average Bonchev–Trinajstić information content (AvgIpc) is 2.78. The zero-order valence-corrected chi connectivity index (χ0v) is 20.0. The van der Waals surface area contributed by atoms with E-state index in [0.717, 1.165) is 16.8 Å². The maximum absolute atomic E-state index is 13.6. The highest BCUT2D eigenvalue weighted by molar-refractivity contribution is 6.30. The molecule has 2 aromatic rings. The first kappa shape index (κ1) is 23.1. The number of hydrogen-bond acceptors (Lipinski definition) is 5. The molecule has 1 N–H and O–H groups in total. The Balaban J connectivity index is 1.83. The van der Waals surface area contributed by atoms with Gasteiger partial charge in [0.05, 0.1) is 24.7 Å². The van der Waals surface area contributed by atoms with Crippen LogP contribution in [-0.2, 0) is 14.3 Å². The van der Waals surface area contributed by atoms with Crippen molar-refractivity contribution in [1.82, 2.24) is 5.32 Å². The smallest absolute Gasteiger partial charge is 0.336 e. The van der Waals surface area contributed by atoms with Crippen LogP contribution < -0.4 is 10.1 Å².